The molecule has 4 aromatic rings. The number of hydrogen-bond donors (Lipinski definition) is 0. The first kappa shape index (κ1) is 20.0. The van der Waals surface area contributed by atoms with Gasteiger partial charge in [-0.25, -0.2) is 9.78 Å². The number of ether oxygens (including phenoxy) is 1. The highest BCUT2D eigenvalue weighted by Gasteiger charge is 2.34. The first-order valence-corrected chi connectivity index (χ1v) is 9.49. The van der Waals surface area contributed by atoms with E-state index in [1.807, 2.05) is 0 Å². The Morgan fingerprint density at radius 3 is 2.37 bits per heavy atom. The van der Waals surface area contributed by atoms with Gasteiger partial charge in [0, 0.05) is 0 Å². The maximum atomic E-state index is 13.7. The van der Waals surface area contributed by atoms with Crippen LogP contribution in [0.1, 0.15) is 39.7 Å². The molecule has 0 atom stereocenters. The highest BCUT2D eigenvalue weighted by Crippen LogP contribution is 2.38. The summed E-state index contributed by atoms with van der Waals surface area (Å²) < 4.78 is 49.5. The topological polar surface area (TPSA) is 48.5 Å². The second-order valence-electron chi connectivity index (χ2n) is 7.14. The minimum atomic E-state index is -4.48. The highest BCUT2D eigenvalue weighted by atomic mass is 19.4. The summed E-state index contributed by atoms with van der Waals surface area (Å²) in [5, 5.41) is 0. The van der Waals surface area contributed by atoms with Gasteiger partial charge in [-0.1, -0.05) is 12.1 Å². The smallest absolute Gasteiger partial charge is 0.416 e. The molecular formula is C22H20F3N3O2. The van der Waals surface area contributed by atoms with Crippen molar-refractivity contribution in [1.29, 1.82) is 0 Å². The van der Waals surface area contributed by atoms with Gasteiger partial charge in [-0.05, 0) is 62.6 Å². The summed E-state index contributed by atoms with van der Waals surface area (Å²) in [6.07, 6.45) is -3.10. The largest absolute Gasteiger partial charge is 0.461 e. The van der Waals surface area contributed by atoms with E-state index in [1.165, 1.54) is 13.1 Å². The number of nitrogens with zero attached hydrogens (tertiary/aromatic N) is 3. The number of benzene rings is 2. The molecule has 2 aromatic carbocycles. The summed E-state index contributed by atoms with van der Waals surface area (Å²) in [6.45, 7) is 6.86. The maximum absolute atomic E-state index is 13.7. The van der Waals surface area contributed by atoms with Gasteiger partial charge < -0.3 is 4.74 Å². The van der Waals surface area contributed by atoms with Crippen LogP contribution >= 0.6 is 0 Å². The van der Waals surface area contributed by atoms with Gasteiger partial charge in [0.15, 0.2) is 5.69 Å². The molecule has 0 saturated heterocycles. The predicted molar refractivity (Wildman–Crippen MR) is 107 cm³/mol. The molecular weight excluding hydrogens is 395 g/mol. The highest BCUT2D eigenvalue weighted by molar-refractivity contribution is 5.93. The van der Waals surface area contributed by atoms with E-state index in [1.54, 1.807) is 54.0 Å². The normalized spacial score (nSPS) is 12.1. The Kier molecular flexibility index (Phi) is 4.60. The molecule has 0 aliphatic carbocycles. The zero-order chi connectivity index (χ0) is 21.8. The van der Waals surface area contributed by atoms with Crippen molar-refractivity contribution in [2.45, 2.75) is 33.9 Å². The molecule has 156 valence electrons. The van der Waals surface area contributed by atoms with Crippen molar-refractivity contribution in [1.82, 2.24) is 14.0 Å². The lowest BCUT2D eigenvalue weighted by molar-refractivity contribution is -0.138. The second-order valence-corrected chi connectivity index (χ2v) is 7.14. The van der Waals surface area contributed by atoms with E-state index < -0.39 is 17.7 Å². The van der Waals surface area contributed by atoms with Gasteiger partial charge in [0.05, 0.1) is 35.1 Å². The fraction of sp³-hybridized carbons (Fsp3) is 0.273. The number of halogens is 3. The second kappa shape index (κ2) is 6.90. The SMILES string of the molecule is CCOC(=O)c1cnc2n(-c3cc(C(F)(F)F)c(C)c(C)c3C)c3ccccc3n12. The van der Waals surface area contributed by atoms with Gasteiger partial charge in [0.1, 0.15) is 0 Å². The summed E-state index contributed by atoms with van der Waals surface area (Å²) >= 11 is 0. The molecule has 30 heavy (non-hydrogen) atoms. The molecule has 0 unspecified atom stereocenters. The van der Waals surface area contributed by atoms with E-state index in [-0.39, 0.29) is 17.9 Å². The minimum absolute atomic E-state index is 0.201. The molecule has 8 heteroatoms. The Balaban J connectivity index is 2.12. The Hall–Kier alpha value is -3.29. The predicted octanol–water partition coefficient (Wildman–Crippen LogP) is 5.40. The number of carbonyl (C=O) groups excluding carboxylic acids is 1. The zero-order valence-electron chi connectivity index (χ0n) is 17.0. The molecule has 0 bridgehead atoms. The van der Waals surface area contributed by atoms with Gasteiger partial charge in [-0.15, -0.1) is 0 Å². The van der Waals surface area contributed by atoms with Gasteiger partial charge in [0.2, 0.25) is 5.78 Å². The van der Waals surface area contributed by atoms with Crippen LogP contribution in [0.15, 0.2) is 36.5 Å². The van der Waals surface area contributed by atoms with Crippen LogP contribution in [0.25, 0.3) is 22.5 Å². The van der Waals surface area contributed by atoms with Crippen molar-refractivity contribution in [3.05, 3.63) is 64.5 Å². The fourth-order valence-corrected chi connectivity index (χ4v) is 3.83. The molecule has 0 fully saturated rings. The van der Waals surface area contributed by atoms with Crippen LogP contribution in [0.2, 0.25) is 0 Å². The number of rotatable bonds is 3. The van der Waals surface area contributed by atoms with Crippen LogP contribution in [0.4, 0.5) is 13.2 Å². The third kappa shape index (κ3) is 2.86. The van der Waals surface area contributed by atoms with Crippen molar-refractivity contribution in [3.8, 4) is 5.69 Å². The van der Waals surface area contributed by atoms with Crippen LogP contribution < -0.4 is 0 Å². The summed E-state index contributed by atoms with van der Waals surface area (Å²) in [7, 11) is 0. The molecule has 0 saturated carbocycles. The summed E-state index contributed by atoms with van der Waals surface area (Å²) in [5.41, 5.74) is 2.68. The lowest BCUT2D eigenvalue weighted by Gasteiger charge is -2.19. The standard InChI is InChI=1S/C22H20F3N3O2/c1-5-30-20(29)19-11-26-21-27(16-8-6-7-9-17(16)28(19)21)18-10-15(22(23,24)25)13(3)12(2)14(18)4/h6-11H,5H2,1-4H3. The number of alkyl halides is 3. The number of fused-ring (bicyclic) bond motifs is 3. The van der Waals surface area contributed by atoms with E-state index in [0.717, 1.165) is 6.07 Å². The molecule has 5 nitrogen and oxygen atoms in total. The van der Waals surface area contributed by atoms with Gasteiger partial charge >= 0.3 is 12.1 Å². The number of imidazole rings is 2. The van der Waals surface area contributed by atoms with Crippen LogP contribution in [0, 0.1) is 20.8 Å². The minimum Gasteiger partial charge on any atom is -0.461 e. The van der Waals surface area contributed by atoms with Crippen LogP contribution in [-0.2, 0) is 10.9 Å². The van der Waals surface area contributed by atoms with Crippen molar-refractivity contribution in [2.24, 2.45) is 0 Å². The first-order chi connectivity index (χ1) is 14.2. The van der Waals surface area contributed by atoms with Crippen molar-refractivity contribution >= 4 is 22.8 Å². The first-order valence-electron chi connectivity index (χ1n) is 9.49. The van der Waals surface area contributed by atoms with Crippen molar-refractivity contribution < 1.29 is 22.7 Å². The monoisotopic (exact) mass is 415 g/mol. The molecule has 2 aromatic heterocycles. The quantitative estimate of drug-likeness (QED) is 0.421. The number of carbonyl (C=O) groups is 1. The van der Waals surface area contributed by atoms with Crippen molar-refractivity contribution in [2.75, 3.05) is 6.61 Å². The van der Waals surface area contributed by atoms with Crippen molar-refractivity contribution in [3.63, 3.8) is 0 Å². The maximum Gasteiger partial charge on any atom is 0.416 e. The lowest BCUT2D eigenvalue weighted by Crippen LogP contribution is -2.12. The Morgan fingerprint density at radius 1 is 1.07 bits per heavy atom. The molecule has 0 radical (unpaired) electrons. The van der Waals surface area contributed by atoms with Gasteiger partial charge in [-0.3, -0.25) is 8.97 Å². The number of aromatic nitrogens is 3. The van der Waals surface area contributed by atoms with Gasteiger partial charge in [-0.2, -0.15) is 13.2 Å². The fourth-order valence-electron chi connectivity index (χ4n) is 3.83. The van der Waals surface area contributed by atoms with E-state index in [2.05, 4.69) is 4.98 Å². The van der Waals surface area contributed by atoms with Crippen LogP contribution in [0.5, 0.6) is 0 Å². The third-order valence-corrected chi connectivity index (χ3v) is 5.53. The molecule has 0 amide bonds. The lowest BCUT2D eigenvalue weighted by atomic mass is 9.96. The van der Waals surface area contributed by atoms with E-state index in [0.29, 0.717) is 33.6 Å². The van der Waals surface area contributed by atoms with Crippen LogP contribution in [-0.4, -0.2) is 26.5 Å². The molecule has 4 rings (SSSR count). The Labute approximate surface area is 170 Å². The van der Waals surface area contributed by atoms with E-state index in [4.69, 9.17) is 4.74 Å². The molecule has 2 heterocycles. The average molecular weight is 415 g/mol. The molecule has 0 spiro atoms. The van der Waals surface area contributed by atoms with E-state index >= 15 is 0 Å². The average Bonchev–Trinajstić information content (AvgIpc) is 3.24. The van der Waals surface area contributed by atoms with E-state index in [9.17, 15) is 18.0 Å². The number of para-hydroxylation sites is 2. The van der Waals surface area contributed by atoms with Gasteiger partial charge in [0.25, 0.3) is 0 Å². The van der Waals surface area contributed by atoms with Crippen LogP contribution in [0.3, 0.4) is 0 Å². The molecule has 0 aliphatic heterocycles. The Morgan fingerprint density at radius 2 is 1.73 bits per heavy atom. The Bertz CT molecular complexity index is 1300. The summed E-state index contributed by atoms with van der Waals surface area (Å²) in [5.74, 6) is -0.195. The number of hydrogen-bond acceptors (Lipinski definition) is 3. The summed E-state index contributed by atoms with van der Waals surface area (Å²) in [6, 6.07) is 8.34. The third-order valence-electron chi connectivity index (χ3n) is 5.53. The number of esters is 1. The summed E-state index contributed by atoms with van der Waals surface area (Å²) in [4.78, 5) is 16.8. The molecule has 0 N–H and O–H groups in total. The zero-order valence-corrected chi connectivity index (χ0v) is 17.0. The molecule has 0 aliphatic rings.